The second kappa shape index (κ2) is 16.7. The van der Waals surface area contributed by atoms with Crippen molar-refractivity contribution >= 4 is 44.1 Å². The van der Waals surface area contributed by atoms with Gasteiger partial charge >= 0.3 is 0 Å². The maximum absolute atomic E-state index is 12.6. The Morgan fingerprint density at radius 1 is 0.458 bits per heavy atom. The summed E-state index contributed by atoms with van der Waals surface area (Å²) in [5, 5.41) is 14.5. The number of imidazole rings is 1. The summed E-state index contributed by atoms with van der Waals surface area (Å²) in [6.07, 6.45) is 1.65. The van der Waals surface area contributed by atoms with Gasteiger partial charge in [0.05, 0.1) is 38.9 Å². The predicted molar refractivity (Wildman–Crippen MR) is 297 cm³/mol. The van der Waals surface area contributed by atoms with Crippen LogP contribution in [0.15, 0.2) is 161 Å². The zero-order valence-electron chi connectivity index (χ0n) is 43.5. The van der Waals surface area contributed by atoms with E-state index >= 15 is 0 Å². The molecule has 4 heterocycles. The number of aromatic hydroxyl groups is 1. The number of phenolic OH excluding ortho intramolecular Hbond substituents is 1. The van der Waals surface area contributed by atoms with E-state index in [1.807, 2.05) is 42.5 Å². The van der Waals surface area contributed by atoms with Gasteiger partial charge in [0, 0.05) is 39.3 Å². The Balaban J connectivity index is 1.17. The molecule has 4 aromatic heterocycles. The summed E-state index contributed by atoms with van der Waals surface area (Å²) in [7, 11) is 0. The third-order valence-electron chi connectivity index (χ3n) is 14.3. The van der Waals surface area contributed by atoms with E-state index in [0.717, 1.165) is 99.9 Å². The minimum atomic E-state index is -0.347. The molecule has 11 aromatic rings. The number of aromatic nitrogens is 4. The number of phenols is 1. The monoisotopic (exact) mass is 946 g/mol. The Hall–Kier alpha value is -7.77. The fourth-order valence-electron chi connectivity index (χ4n) is 10.1. The Bertz CT molecular complexity index is 3910. The summed E-state index contributed by atoms with van der Waals surface area (Å²) in [5.41, 5.74) is 16.8. The third kappa shape index (κ3) is 8.05. The summed E-state index contributed by atoms with van der Waals surface area (Å²) < 4.78 is 15.0. The molecular weight excluding hydrogens is 885 g/mol. The maximum Gasteiger partial charge on any atom is 0.181 e. The van der Waals surface area contributed by atoms with Crippen LogP contribution in [-0.4, -0.2) is 24.6 Å². The Kier molecular flexibility index (Phi) is 10.8. The second-order valence-electron chi connectivity index (χ2n) is 23.6. The summed E-state index contributed by atoms with van der Waals surface area (Å²) in [6, 6.07) is 51.1. The van der Waals surface area contributed by atoms with Crippen LogP contribution in [0, 0.1) is 0 Å². The van der Waals surface area contributed by atoms with Gasteiger partial charge in [-0.3, -0.25) is 4.57 Å². The van der Waals surface area contributed by atoms with E-state index in [4.69, 9.17) is 23.8 Å². The summed E-state index contributed by atoms with van der Waals surface area (Å²) in [6.45, 7) is 26.7. The first-order valence-electron chi connectivity index (χ1n) is 25.0. The molecule has 0 aliphatic carbocycles. The van der Waals surface area contributed by atoms with E-state index < -0.39 is 0 Å². The van der Waals surface area contributed by atoms with E-state index in [1.54, 1.807) is 6.33 Å². The average molecular weight is 947 g/mol. The van der Waals surface area contributed by atoms with E-state index in [-0.39, 0.29) is 27.4 Å². The number of nitrogens with zero attached hydrogens (tertiary/aromatic N) is 4. The first kappa shape index (κ1) is 46.6. The molecule has 7 heteroatoms. The van der Waals surface area contributed by atoms with Gasteiger partial charge in [-0.25, -0.2) is 15.0 Å². The van der Waals surface area contributed by atoms with Gasteiger partial charge in [-0.05, 0) is 104 Å². The van der Waals surface area contributed by atoms with Crippen LogP contribution < -0.4 is 0 Å². The molecule has 0 aliphatic rings. The molecule has 1 N–H and O–H groups in total. The molecule has 7 nitrogen and oxygen atoms in total. The predicted octanol–water partition coefficient (Wildman–Crippen LogP) is 17.7. The quantitative estimate of drug-likeness (QED) is 0.179. The number of fused-ring (bicyclic) bond motifs is 5. The van der Waals surface area contributed by atoms with Crippen LogP contribution in [0.2, 0.25) is 0 Å². The largest absolute Gasteiger partial charge is 0.507 e. The molecule has 11 rings (SSSR count). The molecule has 0 saturated heterocycles. The van der Waals surface area contributed by atoms with Crippen LogP contribution in [0.5, 0.6) is 5.75 Å². The normalized spacial score (nSPS) is 12.8. The van der Waals surface area contributed by atoms with Crippen LogP contribution in [0.1, 0.15) is 105 Å². The number of furan rings is 2. The van der Waals surface area contributed by atoms with E-state index in [1.165, 1.54) is 5.56 Å². The zero-order valence-corrected chi connectivity index (χ0v) is 43.5. The lowest BCUT2D eigenvalue weighted by molar-refractivity contribution is 0.446. The van der Waals surface area contributed by atoms with Crippen molar-refractivity contribution in [2.24, 2.45) is 0 Å². The number of benzene rings is 7. The van der Waals surface area contributed by atoms with Gasteiger partial charge in [-0.2, -0.15) is 0 Å². The van der Waals surface area contributed by atoms with Crippen LogP contribution in [0.25, 0.3) is 106 Å². The molecule has 0 fully saturated rings. The van der Waals surface area contributed by atoms with Crippen molar-refractivity contribution in [1.29, 1.82) is 0 Å². The molecule has 0 aliphatic heterocycles. The van der Waals surface area contributed by atoms with Gasteiger partial charge in [0.15, 0.2) is 11.2 Å². The minimum absolute atomic E-state index is 0.0942. The number of rotatable bonds is 6. The number of para-hydroxylation sites is 3. The summed E-state index contributed by atoms with van der Waals surface area (Å²) in [5.74, 6) is 1.60. The first-order valence-corrected chi connectivity index (χ1v) is 25.0. The summed E-state index contributed by atoms with van der Waals surface area (Å²) in [4.78, 5) is 15.6. The molecule has 0 saturated carbocycles. The van der Waals surface area contributed by atoms with E-state index in [9.17, 15) is 5.11 Å². The van der Waals surface area contributed by atoms with Crippen molar-refractivity contribution in [3.05, 3.63) is 174 Å². The molecule has 360 valence electrons. The highest BCUT2D eigenvalue weighted by Crippen LogP contribution is 2.47. The Morgan fingerprint density at radius 3 is 1.85 bits per heavy atom. The smallest absolute Gasteiger partial charge is 0.181 e. The van der Waals surface area contributed by atoms with Gasteiger partial charge in [-0.1, -0.05) is 168 Å². The van der Waals surface area contributed by atoms with Crippen molar-refractivity contribution in [2.75, 3.05) is 0 Å². The van der Waals surface area contributed by atoms with Gasteiger partial charge in [-0.15, -0.1) is 0 Å². The lowest BCUT2D eigenvalue weighted by Crippen LogP contribution is -2.17. The zero-order chi connectivity index (χ0) is 50.6. The average Bonchev–Trinajstić information content (AvgIpc) is 4.04. The van der Waals surface area contributed by atoms with E-state index in [2.05, 4.69) is 191 Å². The van der Waals surface area contributed by atoms with Crippen molar-refractivity contribution in [1.82, 2.24) is 19.5 Å². The van der Waals surface area contributed by atoms with Crippen LogP contribution in [0.3, 0.4) is 0 Å². The van der Waals surface area contributed by atoms with Crippen molar-refractivity contribution < 1.29 is 13.9 Å². The first-order chi connectivity index (χ1) is 34.1. The molecule has 0 atom stereocenters. The molecular formula is C65H62N4O3. The molecule has 72 heavy (non-hydrogen) atoms. The van der Waals surface area contributed by atoms with Crippen molar-refractivity contribution in [2.45, 2.75) is 105 Å². The molecule has 0 bridgehead atoms. The summed E-state index contributed by atoms with van der Waals surface area (Å²) >= 11 is 0. The molecule has 7 aromatic carbocycles. The van der Waals surface area contributed by atoms with Gasteiger partial charge in [0.2, 0.25) is 0 Å². The highest BCUT2D eigenvalue weighted by Gasteiger charge is 2.30. The Morgan fingerprint density at radius 2 is 1.11 bits per heavy atom. The number of hydrogen-bond acceptors (Lipinski definition) is 6. The van der Waals surface area contributed by atoms with Gasteiger partial charge in [0.25, 0.3) is 0 Å². The highest BCUT2D eigenvalue weighted by molar-refractivity contribution is 6.06. The minimum Gasteiger partial charge on any atom is -0.507 e. The fraction of sp³-hybridized carbons (Fsp3) is 0.246. The highest BCUT2D eigenvalue weighted by atomic mass is 16.4. The second-order valence-corrected chi connectivity index (χ2v) is 23.6. The van der Waals surface area contributed by atoms with Gasteiger partial charge in [0.1, 0.15) is 29.2 Å². The SMILES string of the molecule is CC(C)(C)c1cc(-c2ncnc3c(-c4cc5oc6ccccc6c5o4)cccc23)cc(-c2cccc3c2nc(-c2cc(C(C)(C)C)cc(C(C)(C)C)c2O)n3-c2ccc(C(C)(C)C)cc2-c2ccccc2)c1. The molecule has 0 amide bonds. The third-order valence-corrected chi connectivity index (χ3v) is 14.3. The fourth-order valence-corrected chi connectivity index (χ4v) is 10.1. The topological polar surface area (TPSA) is 90.1 Å². The number of hydrogen-bond donors (Lipinski definition) is 1. The van der Waals surface area contributed by atoms with Gasteiger partial charge < -0.3 is 13.9 Å². The molecule has 0 spiro atoms. The van der Waals surface area contributed by atoms with Crippen LogP contribution in [-0.2, 0) is 21.7 Å². The van der Waals surface area contributed by atoms with E-state index in [0.29, 0.717) is 22.7 Å². The standard InChI is InChI=1S/C65H62N4O3/c1-62(2,3)41-28-29-51(48(33-41)38-20-14-13-15-21-38)69-52-26-19-23-44(58(52)68-61(69)49-34-43(64(7,8)9)35-50(59(49)70)65(10,11)12)39-30-40(32-42(31-39)63(4,5)6)56-47-25-18-24-45(57(47)67-37-66-56)54-36-55-60(72-54)46-22-16-17-27-53(46)71-55/h13-37,70H,1-12H3. The van der Waals surface area contributed by atoms with Crippen molar-refractivity contribution in [3.8, 4) is 67.7 Å². The van der Waals surface area contributed by atoms with Crippen LogP contribution >= 0.6 is 0 Å². The lowest BCUT2D eigenvalue weighted by Gasteiger charge is -2.28. The van der Waals surface area contributed by atoms with Crippen LogP contribution in [0.4, 0.5) is 0 Å². The van der Waals surface area contributed by atoms with Crippen molar-refractivity contribution in [3.63, 3.8) is 0 Å². The molecule has 0 radical (unpaired) electrons. The maximum atomic E-state index is 12.6. The Labute approximate surface area is 422 Å². The lowest BCUT2D eigenvalue weighted by atomic mass is 9.79. The molecule has 0 unspecified atom stereocenters.